The van der Waals surface area contributed by atoms with Crippen LogP contribution in [0.2, 0.25) is 0 Å². The van der Waals surface area contributed by atoms with Crippen LogP contribution in [0.25, 0.3) is 11.1 Å². The molecule has 0 spiro atoms. The van der Waals surface area contributed by atoms with E-state index in [9.17, 15) is 9.90 Å². The molecule has 5 nitrogen and oxygen atoms in total. The highest BCUT2D eigenvalue weighted by Crippen LogP contribution is 2.56. The molecule has 0 saturated carbocycles. The molecule has 1 atom stereocenters. The number of amides is 2. The molecule has 4 N–H and O–H groups in total. The van der Waals surface area contributed by atoms with Crippen LogP contribution in [0.4, 0.5) is 4.79 Å². The van der Waals surface area contributed by atoms with Gasteiger partial charge >= 0.3 is 6.03 Å². The number of nitrogens with one attached hydrogen (secondary N) is 3. The molecule has 1 unspecified atom stereocenters. The number of phenolic OH excluding ortho intramolecular Hbond substituents is 1. The Morgan fingerprint density at radius 3 is 2.38 bits per heavy atom. The van der Waals surface area contributed by atoms with Crippen molar-refractivity contribution in [1.29, 1.82) is 0 Å². The third-order valence-electron chi connectivity index (χ3n) is 6.07. The van der Waals surface area contributed by atoms with Crippen LogP contribution in [0.15, 0.2) is 36.4 Å². The number of hydrogen-bond acceptors (Lipinski definition) is 3. The van der Waals surface area contributed by atoms with Crippen molar-refractivity contribution < 1.29 is 9.90 Å². The SMILES string of the molecule is CCNC(=O)NC1c2c(-c3ccccc3)cc(O)c(C(C)(C)CCCNCC(C)(C)C)c21. The first-order chi connectivity index (χ1) is 15.0. The van der Waals surface area contributed by atoms with Crippen LogP contribution in [-0.2, 0) is 5.41 Å². The molecule has 3 rings (SSSR count). The van der Waals surface area contributed by atoms with E-state index >= 15 is 0 Å². The van der Waals surface area contributed by atoms with Crippen LogP contribution in [-0.4, -0.2) is 30.8 Å². The maximum atomic E-state index is 12.3. The number of urea groups is 1. The molecule has 0 fully saturated rings. The quantitative estimate of drug-likeness (QED) is 0.393. The molecule has 0 aliphatic heterocycles. The number of rotatable bonds is 9. The highest BCUT2D eigenvalue weighted by atomic mass is 16.3. The maximum Gasteiger partial charge on any atom is 0.315 e. The third-order valence-corrected chi connectivity index (χ3v) is 6.07. The van der Waals surface area contributed by atoms with Crippen LogP contribution in [0.5, 0.6) is 5.75 Å². The summed E-state index contributed by atoms with van der Waals surface area (Å²) in [6, 6.07) is 11.6. The number of hydrogen-bond donors (Lipinski definition) is 4. The van der Waals surface area contributed by atoms with Crippen molar-refractivity contribution in [3.8, 4) is 16.9 Å². The van der Waals surface area contributed by atoms with Gasteiger partial charge in [0.2, 0.25) is 0 Å². The van der Waals surface area contributed by atoms with Crippen LogP contribution < -0.4 is 16.0 Å². The highest BCUT2D eigenvalue weighted by Gasteiger charge is 2.45. The Hall–Kier alpha value is -2.53. The summed E-state index contributed by atoms with van der Waals surface area (Å²) in [5.41, 5.74) is 5.26. The molecular weight excluding hydrogens is 398 g/mol. The van der Waals surface area contributed by atoms with Crippen molar-refractivity contribution in [2.45, 2.75) is 65.8 Å². The Morgan fingerprint density at radius 2 is 1.75 bits per heavy atom. The number of carbonyl (C=O) groups is 1. The van der Waals surface area contributed by atoms with Crippen LogP contribution in [0.1, 0.15) is 77.1 Å². The van der Waals surface area contributed by atoms with Crippen molar-refractivity contribution in [2.24, 2.45) is 5.41 Å². The van der Waals surface area contributed by atoms with Crippen molar-refractivity contribution in [3.63, 3.8) is 0 Å². The maximum absolute atomic E-state index is 12.3. The van der Waals surface area contributed by atoms with Gasteiger partial charge in [-0.3, -0.25) is 0 Å². The van der Waals surface area contributed by atoms with Gasteiger partial charge in [0.25, 0.3) is 0 Å². The lowest BCUT2D eigenvalue weighted by molar-refractivity contribution is 0.240. The molecule has 5 heteroatoms. The smallest absolute Gasteiger partial charge is 0.315 e. The largest absolute Gasteiger partial charge is 0.508 e. The predicted molar refractivity (Wildman–Crippen MR) is 132 cm³/mol. The van der Waals surface area contributed by atoms with Gasteiger partial charge in [-0.25, -0.2) is 4.79 Å². The molecule has 0 heterocycles. The second-order valence-electron chi connectivity index (χ2n) is 10.7. The highest BCUT2D eigenvalue weighted by molar-refractivity contribution is 5.85. The minimum Gasteiger partial charge on any atom is -0.508 e. The Labute approximate surface area is 193 Å². The number of benzene rings is 2. The first-order valence-corrected chi connectivity index (χ1v) is 11.8. The zero-order chi connectivity index (χ0) is 23.5. The molecule has 2 amide bonds. The second kappa shape index (κ2) is 9.53. The van der Waals surface area contributed by atoms with E-state index in [1.54, 1.807) is 0 Å². The standard InChI is InChI=1S/C27H39N3O2/c1-7-29-25(32)30-24-21-19(18-12-9-8-10-13-18)16-20(31)23(22(21)24)27(5,6)14-11-15-28-17-26(2,3)4/h8-10,12-13,16,24,28,31H,7,11,14-15,17H2,1-6H3,(H2,29,30,32). The molecule has 2 aromatic carbocycles. The van der Waals surface area contributed by atoms with Gasteiger partial charge in [-0.2, -0.15) is 0 Å². The van der Waals surface area contributed by atoms with E-state index in [4.69, 9.17) is 0 Å². The van der Waals surface area contributed by atoms with Gasteiger partial charge in [0.15, 0.2) is 0 Å². The van der Waals surface area contributed by atoms with Gasteiger partial charge in [0.1, 0.15) is 5.75 Å². The monoisotopic (exact) mass is 437 g/mol. The molecule has 174 valence electrons. The summed E-state index contributed by atoms with van der Waals surface area (Å²) in [6.45, 7) is 15.5. The molecule has 1 aliphatic rings. The Morgan fingerprint density at radius 1 is 1.06 bits per heavy atom. The van der Waals surface area contributed by atoms with E-state index in [1.807, 2.05) is 43.3 Å². The number of aromatic hydroxyl groups is 1. The molecular formula is C27H39N3O2. The first-order valence-electron chi connectivity index (χ1n) is 11.8. The summed E-state index contributed by atoms with van der Waals surface area (Å²) in [7, 11) is 0. The van der Waals surface area contributed by atoms with Crippen molar-refractivity contribution in [3.05, 3.63) is 53.1 Å². The Bertz CT molecular complexity index is 946. The van der Waals surface area contributed by atoms with E-state index in [0.29, 0.717) is 12.3 Å². The van der Waals surface area contributed by atoms with Crippen molar-refractivity contribution in [1.82, 2.24) is 16.0 Å². The van der Waals surface area contributed by atoms with Gasteiger partial charge in [0, 0.05) is 12.1 Å². The summed E-state index contributed by atoms with van der Waals surface area (Å²) in [6.07, 6.45) is 1.97. The fourth-order valence-corrected chi connectivity index (χ4v) is 4.52. The fourth-order valence-electron chi connectivity index (χ4n) is 4.52. The number of carbonyl (C=O) groups excluding carboxylic acids is 1. The summed E-state index contributed by atoms with van der Waals surface area (Å²) in [5.74, 6) is 0.315. The van der Waals surface area contributed by atoms with Gasteiger partial charge in [0.05, 0.1) is 6.04 Å². The molecule has 2 aromatic rings. The summed E-state index contributed by atoms with van der Waals surface area (Å²) >= 11 is 0. The van der Waals surface area contributed by atoms with E-state index in [1.165, 1.54) is 0 Å². The topological polar surface area (TPSA) is 73.4 Å². The predicted octanol–water partition coefficient (Wildman–Crippen LogP) is 5.47. The zero-order valence-electron chi connectivity index (χ0n) is 20.4. The number of fused-ring (bicyclic) bond motifs is 1. The van der Waals surface area contributed by atoms with E-state index in [0.717, 1.165) is 53.7 Å². The Kier molecular flexibility index (Phi) is 7.19. The Balaban J connectivity index is 1.85. The van der Waals surface area contributed by atoms with E-state index in [-0.39, 0.29) is 22.9 Å². The molecule has 32 heavy (non-hydrogen) atoms. The van der Waals surface area contributed by atoms with E-state index < -0.39 is 0 Å². The number of phenols is 1. The van der Waals surface area contributed by atoms with Crippen molar-refractivity contribution in [2.75, 3.05) is 19.6 Å². The average molecular weight is 438 g/mol. The lowest BCUT2D eigenvalue weighted by Gasteiger charge is -2.27. The third kappa shape index (κ3) is 5.63. The summed E-state index contributed by atoms with van der Waals surface area (Å²) < 4.78 is 0. The van der Waals surface area contributed by atoms with Crippen LogP contribution in [0, 0.1) is 5.41 Å². The molecule has 0 saturated heterocycles. The van der Waals surface area contributed by atoms with Gasteiger partial charge in [-0.15, -0.1) is 0 Å². The van der Waals surface area contributed by atoms with Crippen molar-refractivity contribution >= 4 is 6.03 Å². The lowest BCUT2D eigenvalue weighted by atomic mass is 9.79. The first kappa shape index (κ1) is 24.1. The van der Waals surface area contributed by atoms with Crippen LogP contribution >= 0.6 is 0 Å². The molecule has 0 aromatic heterocycles. The fraction of sp³-hybridized carbons (Fsp3) is 0.519. The molecule has 0 bridgehead atoms. The normalized spacial score (nSPS) is 15.2. The molecule has 0 radical (unpaired) electrons. The van der Waals surface area contributed by atoms with Gasteiger partial charge < -0.3 is 21.1 Å². The lowest BCUT2D eigenvalue weighted by Crippen LogP contribution is -2.34. The van der Waals surface area contributed by atoms with Crippen LogP contribution in [0.3, 0.4) is 0 Å². The minimum atomic E-state index is -0.204. The minimum absolute atomic E-state index is 0.161. The molecule has 1 aliphatic carbocycles. The van der Waals surface area contributed by atoms with Gasteiger partial charge in [-0.1, -0.05) is 65.0 Å². The van der Waals surface area contributed by atoms with Gasteiger partial charge in [-0.05, 0) is 72.0 Å². The zero-order valence-corrected chi connectivity index (χ0v) is 20.4. The van der Waals surface area contributed by atoms with E-state index in [2.05, 4.69) is 50.6 Å². The average Bonchev–Trinajstić information content (AvgIpc) is 3.39. The second-order valence-corrected chi connectivity index (χ2v) is 10.7. The summed E-state index contributed by atoms with van der Waals surface area (Å²) in [5, 5.41) is 20.6. The summed E-state index contributed by atoms with van der Waals surface area (Å²) in [4.78, 5) is 12.3.